The standard InChI is InChI=1S/C22H19N5O2S2/c1-15(28)24-13-18-7-8-20(31-18)19(29)14-30-22-26-25-21(16-9-11-23-12-10-16)27(22)17-5-3-2-4-6-17/h2-12H,13-14H2,1H3,(H,24,28). The molecule has 0 unspecified atom stereocenters. The summed E-state index contributed by atoms with van der Waals surface area (Å²) in [6.45, 7) is 1.90. The lowest BCUT2D eigenvalue weighted by molar-refractivity contribution is -0.119. The summed E-state index contributed by atoms with van der Waals surface area (Å²) < 4.78 is 1.95. The maximum absolute atomic E-state index is 12.7. The number of hydrogen-bond donors (Lipinski definition) is 1. The Hall–Kier alpha value is -3.30. The van der Waals surface area contributed by atoms with Crippen LogP contribution < -0.4 is 5.32 Å². The molecule has 1 N–H and O–H groups in total. The molecule has 7 nitrogen and oxygen atoms in total. The van der Waals surface area contributed by atoms with Gasteiger partial charge in [0.2, 0.25) is 5.91 Å². The van der Waals surface area contributed by atoms with Gasteiger partial charge in [-0.25, -0.2) is 0 Å². The summed E-state index contributed by atoms with van der Waals surface area (Å²) in [7, 11) is 0. The number of carbonyl (C=O) groups excluding carboxylic acids is 2. The molecule has 4 rings (SSSR count). The third-order valence-corrected chi connectivity index (χ3v) is 6.42. The minimum Gasteiger partial charge on any atom is -0.351 e. The van der Waals surface area contributed by atoms with E-state index in [4.69, 9.17) is 0 Å². The van der Waals surface area contributed by atoms with Crippen molar-refractivity contribution in [3.05, 3.63) is 76.7 Å². The van der Waals surface area contributed by atoms with Crippen molar-refractivity contribution in [3.63, 3.8) is 0 Å². The van der Waals surface area contributed by atoms with Crippen molar-refractivity contribution in [2.75, 3.05) is 5.75 Å². The number of Topliss-reactive ketones (excluding diaryl/α,β-unsaturated/α-hetero) is 1. The number of aromatic nitrogens is 4. The van der Waals surface area contributed by atoms with Crippen molar-refractivity contribution in [3.8, 4) is 17.1 Å². The Balaban J connectivity index is 1.54. The second-order valence-corrected chi connectivity index (χ2v) is 8.71. The number of thioether (sulfide) groups is 1. The summed E-state index contributed by atoms with van der Waals surface area (Å²) in [6, 6.07) is 17.2. The first-order valence-electron chi connectivity index (χ1n) is 9.52. The minimum absolute atomic E-state index is 0.0112. The number of hydrogen-bond acceptors (Lipinski definition) is 7. The van der Waals surface area contributed by atoms with Gasteiger partial charge in [-0.15, -0.1) is 21.5 Å². The zero-order valence-corrected chi connectivity index (χ0v) is 18.3. The fraction of sp³-hybridized carbons (Fsp3) is 0.136. The van der Waals surface area contributed by atoms with Crippen molar-refractivity contribution in [2.45, 2.75) is 18.6 Å². The molecule has 156 valence electrons. The largest absolute Gasteiger partial charge is 0.351 e. The number of para-hydroxylation sites is 1. The molecule has 0 saturated carbocycles. The molecular weight excluding hydrogens is 430 g/mol. The first-order chi connectivity index (χ1) is 15.1. The van der Waals surface area contributed by atoms with Crippen molar-refractivity contribution in [1.82, 2.24) is 25.1 Å². The van der Waals surface area contributed by atoms with E-state index in [0.29, 0.717) is 22.4 Å². The monoisotopic (exact) mass is 449 g/mol. The molecule has 4 aromatic rings. The van der Waals surface area contributed by atoms with Crippen LogP contribution in [0.2, 0.25) is 0 Å². The number of ketones is 1. The summed E-state index contributed by atoms with van der Waals surface area (Å²) >= 11 is 2.74. The number of carbonyl (C=O) groups is 2. The molecule has 1 aromatic carbocycles. The SMILES string of the molecule is CC(=O)NCc1ccc(C(=O)CSc2nnc(-c3ccncc3)n2-c2ccccc2)s1. The van der Waals surface area contributed by atoms with Gasteiger partial charge in [0.25, 0.3) is 0 Å². The van der Waals surface area contributed by atoms with E-state index in [0.717, 1.165) is 16.1 Å². The van der Waals surface area contributed by atoms with Gasteiger partial charge in [0.1, 0.15) is 0 Å². The third kappa shape index (κ3) is 5.07. The minimum atomic E-state index is -0.0953. The fourth-order valence-electron chi connectivity index (χ4n) is 2.90. The highest BCUT2D eigenvalue weighted by molar-refractivity contribution is 7.99. The van der Waals surface area contributed by atoms with Crippen LogP contribution in [0.4, 0.5) is 0 Å². The number of pyridine rings is 1. The van der Waals surface area contributed by atoms with Crippen LogP contribution in [-0.2, 0) is 11.3 Å². The zero-order valence-electron chi connectivity index (χ0n) is 16.7. The van der Waals surface area contributed by atoms with Gasteiger partial charge < -0.3 is 5.32 Å². The summed E-state index contributed by atoms with van der Waals surface area (Å²) in [5.74, 6) is 0.845. The maximum atomic E-state index is 12.7. The first-order valence-corrected chi connectivity index (χ1v) is 11.3. The van der Waals surface area contributed by atoms with E-state index < -0.39 is 0 Å². The Kier molecular flexibility index (Phi) is 6.54. The van der Waals surface area contributed by atoms with Crippen molar-refractivity contribution >= 4 is 34.8 Å². The second-order valence-electron chi connectivity index (χ2n) is 6.60. The van der Waals surface area contributed by atoms with E-state index in [2.05, 4.69) is 20.5 Å². The average Bonchev–Trinajstić information content (AvgIpc) is 3.44. The molecule has 0 fully saturated rings. The molecule has 0 aliphatic heterocycles. The molecule has 31 heavy (non-hydrogen) atoms. The number of nitrogens with one attached hydrogen (secondary N) is 1. The average molecular weight is 450 g/mol. The van der Waals surface area contributed by atoms with Gasteiger partial charge in [0, 0.05) is 35.4 Å². The molecule has 3 heterocycles. The van der Waals surface area contributed by atoms with E-state index >= 15 is 0 Å². The Bertz CT molecular complexity index is 1190. The highest BCUT2D eigenvalue weighted by atomic mass is 32.2. The molecule has 0 radical (unpaired) electrons. The van der Waals surface area contributed by atoms with Crippen LogP contribution in [0, 0.1) is 0 Å². The predicted molar refractivity (Wildman–Crippen MR) is 121 cm³/mol. The van der Waals surface area contributed by atoms with Crippen LogP contribution in [0.15, 0.2) is 72.1 Å². The zero-order chi connectivity index (χ0) is 21.6. The van der Waals surface area contributed by atoms with Crippen LogP contribution >= 0.6 is 23.1 Å². The topological polar surface area (TPSA) is 89.8 Å². The van der Waals surface area contributed by atoms with Gasteiger partial charge in [0.15, 0.2) is 16.8 Å². The van der Waals surface area contributed by atoms with E-state index in [-0.39, 0.29) is 17.4 Å². The summed E-state index contributed by atoms with van der Waals surface area (Å²) in [5, 5.41) is 12.1. The molecular formula is C22H19N5O2S2. The number of amides is 1. The number of nitrogens with zero attached hydrogens (tertiary/aromatic N) is 4. The Morgan fingerprint density at radius 2 is 1.81 bits per heavy atom. The molecule has 0 spiro atoms. The van der Waals surface area contributed by atoms with Crippen LogP contribution in [0.25, 0.3) is 17.1 Å². The molecule has 0 bridgehead atoms. The van der Waals surface area contributed by atoms with E-state index in [1.165, 1.54) is 30.0 Å². The molecule has 0 saturated heterocycles. The molecule has 0 atom stereocenters. The van der Waals surface area contributed by atoms with Crippen molar-refractivity contribution in [2.24, 2.45) is 0 Å². The second kappa shape index (κ2) is 9.67. The van der Waals surface area contributed by atoms with Gasteiger partial charge in [0.05, 0.1) is 17.2 Å². The Labute approximate surface area is 187 Å². The molecule has 3 aromatic heterocycles. The Morgan fingerprint density at radius 1 is 1.03 bits per heavy atom. The van der Waals surface area contributed by atoms with Gasteiger partial charge in [-0.3, -0.25) is 19.1 Å². The summed E-state index contributed by atoms with van der Waals surface area (Å²) in [5.41, 5.74) is 1.81. The van der Waals surface area contributed by atoms with Gasteiger partial charge in [-0.1, -0.05) is 30.0 Å². The van der Waals surface area contributed by atoms with Gasteiger partial charge >= 0.3 is 0 Å². The molecule has 0 aliphatic carbocycles. The fourth-order valence-corrected chi connectivity index (χ4v) is 4.71. The number of thiophene rings is 1. The maximum Gasteiger partial charge on any atom is 0.217 e. The van der Waals surface area contributed by atoms with Crippen LogP contribution in [-0.4, -0.2) is 37.2 Å². The van der Waals surface area contributed by atoms with Gasteiger partial charge in [-0.05, 0) is 36.4 Å². The van der Waals surface area contributed by atoms with Crippen molar-refractivity contribution in [1.29, 1.82) is 0 Å². The van der Waals surface area contributed by atoms with Crippen molar-refractivity contribution < 1.29 is 9.59 Å². The van der Waals surface area contributed by atoms with E-state index in [9.17, 15) is 9.59 Å². The normalized spacial score (nSPS) is 10.7. The molecule has 0 aliphatic rings. The van der Waals surface area contributed by atoms with E-state index in [1.807, 2.05) is 53.1 Å². The predicted octanol–water partition coefficient (Wildman–Crippen LogP) is 4.00. The van der Waals surface area contributed by atoms with E-state index in [1.54, 1.807) is 18.5 Å². The quantitative estimate of drug-likeness (QED) is 0.323. The first kappa shape index (κ1) is 21.0. The van der Waals surface area contributed by atoms with Gasteiger partial charge in [-0.2, -0.15) is 0 Å². The summed E-state index contributed by atoms with van der Waals surface area (Å²) in [6.07, 6.45) is 3.43. The molecule has 9 heteroatoms. The lowest BCUT2D eigenvalue weighted by Gasteiger charge is -2.09. The number of benzene rings is 1. The molecule has 1 amide bonds. The van der Waals surface area contributed by atoms with Crippen LogP contribution in [0.5, 0.6) is 0 Å². The summed E-state index contributed by atoms with van der Waals surface area (Å²) in [4.78, 5) is 29.5. The highest BCUT2D eigenvalue weighted by Gasteiger charge is 2.18. The van der Waals surface area contributed by atoms with Crippen LogP contribution in [0.3, 0.4) is 0 Å². The smallest absolute Gasteiger partial charge is 0.217 e. The lowest BCUT2D eigenvalue weighted by atomic mass is 10.2. The Morgan fingerprint density at radius 3 is 2.55 bits per heavy atom. The van der Waals surface area contributed by atoms with Crippen LogP contribution in [0.1, 0.15) is 21.5 Å². The third-order valence-electron chi connectivity index (χ3n) is 4.37. The lowest BCUT2D eigenvalue weighted by Crippen LogP contribution is -2.18. The highest BCUT2D eigenvalue weighted by Crippen LogP contribution is 2.28. The number of rotatable bonds is 8.